The normalized spacial score (nSPS) is 11.1. The van der Waals surface area contributed by atoms with E-state index >= 15 is 0 Å². The van der Waals surface area contributed by atoms with Crippen LogP contribution in [0.5, 0.6) is 0 Å². The quantitative estimate of drug-likeness (QED) is 0.652. The Bertz CT molecular complexity index is 602. The first-order chi connectivity index (χ1) is 8.47. The minimum absolute atomic E-state index is 0.00301. The highest BCUT2D eigenvalue weighted by Crippen LogP contribution is 2.25. The van der Waals surface area contributed by atoms with Crippen molar-refractivity contribution >= 4 is 33.5 Å². The summed E-state index contributed by atoms with van der Waals surface area (Å²) in [6.45, 7) is 3.80. The molecule has 0 saturated heterocycles. The van der Waals surface area contributed by atoms with Crippen LogP contribution in [0.15, 0.2) is 25.8 Å². The lowest BCUT2D eigenvalue weighted by atomic mass is 10.4. The van der Waals surface area contributed by atoms with Gasteiger partial charge in [-0.2, -0.15) is 0 Å². The van der Waals surface area contributed by atoms with Gasteiger partial charge in [-0.15, -0.1) is 5.10 Å². The Morgan fingerprint density at radius 3 is 2.83 bits per heavy atom. The van der Waals surface area contributed by atoms with E-state index in [1.807, 2.05) is 13.8 Å². The van der Waals surface area contributed by atoms with Crippen molar-refractivity contribution in [3.63, 3.8) is 0 Å². The van der Waals surface area contributed by atoms with E-state index in [9.17, 15) is 4.79 Å². The van der Waals surface area contributed by atoms with E-state index in [0.717, 1.165) is 0 Å². The molecule has 0 aromatic carbocycles. The molecule has 0 aliphatic rings. The lowest BCUT2D eigenvalue weighted by molar-refractivity contribution is 0.533. The molecule has 0 aliphatic heterocycles. The van der Waals surface area contributed by atoms with Crippen LogP contribution in [-0.4, -0.2) is 24.7 Å². The van der Waals surface area contributed by atoms with Gasteiger partial charge in [0.1, 0.15) is 10.4 Å². The third-order valence-electron chi connectivity index (χ3n) is 2.07. The summed E-state index contributed by atoms with van der Waals surface area (Å²) in [5.41, 5.74) is 5.37. The third kappa shape index (κ3) is 2.72. The molecule has 0 amide bonds. The summed E-state index contributed by atoms with van der Waals surface area (Å²) in [4.78, 5) is 19.8. The molecule has 7 nitrogen and oxygen atoms in total. The second-order valence-electron chi connectivity index (χ2n) is 3.78. The van der Waals surface area contributed by atoms with Crippen molar-refractivity contribution in [1.82, 2.24) is 24.7 Å². The number of rotatable bonds is 3. The van der Waals surface area contributed by atoms with E-state index in [1.165, 1.54) is 16.3 Å². The minimum Gasteiger partial charge on any atom is -0.384 e. The molecule has 0 fully saturated rings. The van der Waals surface area contributed by atoms with Gasteiger partial charge in [-0.05, 0) is 41.5 Å². The Morgan fingerprint density at radius 1 is 1.50 bits per heavy atom. The molecule has 0 radical (unpaired) electrons. The summed E-state index contributed by atoms with van der Waals surface area (Å²) >= 11 is 4.42. The highest BCUT2D eigenvalue weighted by atomic mass is 79.9. The molecular formula is C9H11BrN6OS. The van der Waals surface area contributed by atoms with Gasteiger partial charge in [0, 0.05) is 12.1 Å². The summed E-state index contributed by atoms with van der Waals surface area (Å²) in [5, 5.41) is 7.29. The van der Waals surface area contributed by atoms with E-state index in [-0.39, 0.29) is 11.7 Å². The Hall–Kier alpha value is -1.35. The molecule has 2 aromatic heterocycles. The summed E-state index contributed by atoms with van der Waals surface area (Å²) < 4.78 is 2.12. The Balaban J connectivity index is 2.37. The zero-order valence-corrected chi connectivity index (χ0v) is 12.1. The van der Waals surface area contributed by atoms with Crippen LogP contribution in [0.4, 0.5) is 5.82 Å². The van der Waals surface area contributed by atoms with Gasteiger partial charge >= 0.3 is 5.69 Å². The SMILES string of the molecule is CC(C)n1c(Sc2nc(N)cc(Br)n2)n[nH]c1=O. The van der Waals surface area contributed by atoms with Gasteiger partial charge < -0.3 is 5.73 Å². The summed E-state index contributed by atoms with van der Waals surface area (Å²) in [6, 6.07) is 1.60. The molecule has 96 valence electrons. The van der Waals surface area contributed by atoms with E-state index in [4.69, 9.17) is 5.73 Å². The molecule has 0 unspecified atom stereocenters. The maximum absolute atomic E-state index is 11.6. The fourth-order valence-corrected chi connectivity index (χ4v) is 2.82. The van der Waals surface area contributed by atoms with E-state index in [0.29, 0.717) is 20.7 Å². The topological polar surface area (TPSA) is 102 Å². The Morgan fingerprint density at radius 2 is 2.22 bits per heavy atom. The average Bonchev–Trinajstić information content (AvgIpc) is 2.57. The Kier molecular flexibility index (Phi) is 3.71. The monoisotopic (exact) mass is 330 g/mol. The molecule has 9 heteroatoms. The maximum atomic E-state index is 11.6. The first kappa shape index (κ1) is 13.1. The molecule has 2 rings (SSSR count). The van der Waals surface area contributed by atoms with Gasteiger partial charge in [0.15, 0.2) is 10.3 Å². The maximum Gasteiger partial charge on any atom is 0.344 e. The molecule has 18 heavy (non-hydrogen) atoms. The number of hydrogen-bond donors (Lipinski definition) is 2. The molecule has 0 bridgehead atoms. The fraction of sp³-hybridized carbons (Fsp3) is 0.333. The lowest BCUT2D eigenvalue weighted by Crippen LogP contribution is -2.19. The molecule has 0 saturated carbocycles. The van der Waals surface area contributed by atoms with Crippen LogP contribution in [-0.2, 0) is 0 Å². The smallest absolute Gasteiger partial charge is 0.344 e. The third-order valence-corrected chi connectivity index (χ3v) is 3.31. The number of hydrogen-bond acceptors (Lipinski definition) is 6. The van der Waals surface area contributed by atoms with Crippen molar-refractivity contribution < 1.29 is 0 Å². The van der Waals surface area contributed by atoms with Crippen LogP contribution >= 0.6 is 27.7 Å². The predicted octanol–water partition coefficient (Wildman–Crippen LogP) is 1.44. The number of nitrogens with two attached hydrogens (primary N) is 1. The second kappa shape index (κ2) is 5.11. The molecule has 2 heterocycles. The van der Waals surface area contributed by atoms with Crippen molar-refractivity contribution in [2.75, 3.05) is 5.73 Å². The molecule has 0 spiro atoms. The highest BCUT2D eigenvalue weighted by molar-refractivity contribution is 9.10. The van der Waals surface area contributed by atoms with Gasteiger partial charge in [-0.1, -0.05) is 0 Å². The van der Waals surface area contributed by atoms with Crippen LogP contribution in [0.1, 0.15) is 19.9 Å². The average molecular weight is 331 g/mol. The molecular weight excluding hydrogens is 320 g/mol. The van der Waals surface area contributed by atoms with Crippen molar-refractivity contribution in [3.05, 3.63) is 21.2 Å². The summed E-state index contributed by atoms with van der Waals surface area (Å²) in [7, 11) is 0. The zero-order chi connectivity index (χ0) is 13.3. The molecule has 2 aromatic rings. The van der Waals surface area contributed by atoms with Gasteiger partial charge in [-0.3, -0.25) is 4.57 Å². The Labute approximate surface area is 115 Å². The first-order valence-corrected chi connectivity index (χ1v) is 6.73. The number of nitrogens with zero attached hydrogens (tertiary/aromatic N) is 4. The number of nitrogen functional groups attached to an aromatic ring is 1. The van der Waals surface area contributed by atoms with Crippen molar-refractivity contribution in [1.29, 1.82) is 0 Å². The summed E-state index contributed by atoms with van der Waals surface area (Å²) in [5.74, 6) is 0.355. The van der Waals surface area contributed by atoms with Gasteiger partial charge in [0.25, 0.3) is 0 Å². The highest BCUT2D eigenvalue weighted by Gasteiger charge is 2.14. The predicted molar refractivity (Wildman–Crippen MR) is 71.5 cm³/mol. The number of H-pyrrole nitrogens is 1. The first-order valence-electron chi connectivity index (χ1n) is 5.12. The van der Waals surface area contributed by atoms with Crippen molar-refractivity contribution in [2.45, 2.75) is 30.2 Å². The number of aromatic nitrogens is 5. The largest absolute Gasteiger partial charge is 0.384 e. The van der Waals surface area contributed by atoms with E-state index < -0.39 is 0 Å². The molecule has 3 N–H and O–H groups in total. The van der Waals surface area contributed by atoms with Crippen LogP contribution < -0.4 is 11.4 Å². The van der Waals surface area contributed by atoms with Crippen LogP contribution in [0, 0.1) is 0 Å². The number of anilines is 1. The van der Waals surface area contributed by atoms with Gasteiger partial charge in [0.2, 0.25) is 0 Å². The van der Waals surface area contributed by atoms with E-state index in [1.54, 1.807) is 6.07 Å². The van der Waals surface area contributed by atoms with Crippen LogP contribution in [0.25, 0.3) is 0 Å². The van der Waals surface area contributed by atoms with E-state index in [2.05, 4.69) is 36.1 Å². The number of aromatic amines is 1. The lowest BCUT2D eigenvalue weighted by Gasteiger charge is -2.07. The van der Waals surface area contributed by atoms with Crippen LogP contribution in [0.3, 0.4) is 0 Å². The zero-order valence-electron chi connectivity index (χ0n) is 9.72. The second-order valence-corrected chi connectivity index (χ2v) is 5.52. The minimum atomic E-state index is -0.254. The number of halogens is 1. The van der Waals surface area contributed by atoms with Gasteiger partial charge in [-0.25, -0.2) is 19.9 Å². The number of nitrogens with one attached hydrogen (secondary N) is 1. The van der Waals surface area contributed by atoms with Crippen molar-refractivity contribution in [3.8, 4) is 0 Å². The fourth-order valence-electron chi connectivity index (χ4n) is 1.36. The summed E-state index contributed by atoms with van der Waals surface area (Å²) in [6.07, 6.45) is 0. The standard InChI is InChI=1S/C9H11BrN6OS/c1-4(2)16-8(17)14-15-9(16)18-7-12-5(10)3-6(11)13-7/h3-4H,1-2H3,(H,14,17)(H2,11,12,13). The van der Waals surface area contributed by atoms with Crippen molar-refractivity contribution in [2.24, 2.45) is 0 Å². The molecule has 0 atom stereocenters. The molecule has 0 aliphatic carbocycles. The van der Waals surface area contributed by atoms with Crippen LogP contribution in [0.2, 0.25) is 0 Å². The van der Waals surface area contributed by atoms with Gasteiger partial charge in [0.05, 0.1) is 0 Å².